The lowest BCUT2D eigenvalue weighted by molar-refractivity contribution is 0.0917. The van der Waals surface area contributed by atoms with Gasteiger partial charge >= 0.3 is 0 Å². The molecule has 1 aliphatic heterocycles. The van der Waals surface area contributed by atoms with Crippen LogP contribution < -0.4 is 0 Å². The van der Waals surface area contributed by atoms with Crippen molar-refractivity contribution in [3.8, 4) is 0 Å². The summed E-state index contributed by atoms with van der Waals surface area (Å²) in [7, 11) is 0. The van der Waals surface area contributed by atoms with Gasteiger partial charge < -0.3 is 5.11 Å². The molecule has 2 heteroatoms. The van der Waals surface area contributed by atoms with Gasteiger partial charge in [-0.25, -0.2) is 0 Å². The van der Waals surface area contributed by atoms with E-state index in [9.17, 15) is 5.11 Å². The molecule has 2 fully saturated rings. The van der Waals surface area contributed by atoms with E-state index in [1.807, 2.05) is 0 Å². The van der Waals surface area contributed by atoms with Crippen molar-refractivity contribution in [3.63, 3.8) is 0 Å². The Morgan fingerprint density at radius 3 is 2.20 bits per heavy atom. The van der Waals surface area contributed by atoms with Crippen LogP contribution >= 0.6 is 0 Å². The molecule has 15 heavy (non-hydrogen) atoms. The number of hydrogen-bond donors (Lipinski definition) is 1. The van der Waals surface area contributed by atoms with Crippen LogP contribution in [0.3, 0.4) is 0 Å². The quantitative estimate of drug-likeness (QED) is 0.674. The van der Waals surface area contributed by atoms with Gasteiger partial charge in [-0.1, -0.05) is 25.7 Å². The Morgan fingerprint density at radius 1 is 0.800 bits per heavy atom. The predicted octanol–water partition coefficient (Wildman–Crippen LogP) is 2.56. The summed E-state index contributed by atoms with van der Waals surface area (Å²) in [6, 6.07) is 0.778. The largest absolute Gasteiger partial charge is 0.392 e. The van der Waals surface area contributed by atoms with E-state index in [0.29, 0.717) is 0 Å². The minimum atomic E-state index is -0.0595. The van der Waals surface area contributed by atoms with E-state index in [2.05, 4.69) is 4.90 Å². The number of nitrogens with zero attached hydrogens (tertiary/aromatic N) is 1. The maximum absolute atomic E-state index is 9.82. The summed E-state index contributed by atoms with van der Waals surface area (Å²) in [6.45, 7) is 2.16. The molecule has 0 amide bonds. The number of hydrogen-bond acceptors (Lipinski definition) is 2. The van der Waals surface area contributed by atoms with Crippen LogP contribution in [-0.4, -0.2) is 35.2 Å². The molecule has 1 aliphatic carbocycles. The molecule has 0 aromatic carbocycles. The molecule has 1 heterocycles. The van der Waals surface area contributed by atoms with Gasteiger partial charge in [0.2, 0.25) is 0 Å². The minimum absolute atomic E-state index is 0.0595. The highest BCUT2D eigenvalue weighted by molar-refractivity contribution is 4.79. The van der Waals surface area contributed by atoms with Crippen LogP contribution in [0.1, 0.15) is 57.8 Å². The average molecular weight is 211 g/mol. The normalized spacial score (nSPS) is 32.2. The Kier molecular flexibility index (Phi) is 4.45. The first kappa shape index (κ1) is 11.4. The van der Waals surface area contributed by atoms with Crippen LogP contribution in [0.15, 0.2) is 0 Å². The molecule has 0 spiro atoms. The molecule has 1 unspecified atom stereocenters. The number of likely N-dealkylation sites (tertiary alicyclic amines) is 1. The van der Waals surface area contributed by atoms with Gasteiger partial charge in [0.15, 0.2) is 0 Å². The van der Waals surface area contributed by atoms with Crippen molar-refractivity contribution in [1.29, 1.82) is 0 Å². The molecule has 0 bridgehead atoms. The van der Waals surface area contributed by atoms with Gasteiger partial charge in [-0.2, -0.15) is 0 Å². The van der Waals surface area contributed by atoms with Gasteiger partial charge in [0.25, 0.3) is 0 Å². The molecule has 2 nitrogen and oxygen atoms in total. The standard InChI is InChI=1S/C13H25NO/c15-13-9-5-6-10-14(11-13)12-7-3-1-2-4-8-12/h12-13,15H,1-11H2. The van der Waals surface area contributed by atoms with Crippen molar-refractivity contribution in [3.05, 3.63) is 0 Å². The number of aliphatic hydroxyl groups excluding tert-OH is 1. The fourth-order valence-corrected chi connectivity index (χ4v) is 3.10. The Balaban J connectivity index is 1.88. The summed E-state index contributed by atoms with van der Waals surface area (Å²) >= 11 is 0. The number of rotatable bonds is 1. The molecular weight excluding hydrogens is 186 g/mol. The SMILES string of the molecule is OC1CCCCN(C2CCCCCC2)C1. The number of β-amino-alcohol motifs (C(OH)–C–C–N with tert-alkyl or cyclic N) is 1. The topological polar surface area (TPSA) is 23.5 Å². The van der Waals surface area contributed by atoms with Crippen molar-refractivity contribution >= 4 is 0 Å². The van der Waals surface area contributed by atoms with Gasteiger partial charge in [0.05, 0.1) is 6.10 Å². The highest BCUT2D eigenvalue weighted by atomic mass is 16.3. The fraction of sp³-hybridized carbons (Fsp3) is 1.00. The Bertz CT molecular complexity index is 175. The van der Waals surface area contributed by atoms with Gasteiger partial charge in [0.1, 0.15) is 0 Å². The third kappa shape index (κ3) is 3.46. The average Bonchev–Trinajstić information content (AvgIpc) is 2.59. The van der Waals surface area contributed by atoms with Crippen LogP contribution in [0.4, 0.5) is 0 Å². The first-order chi connectivity index (χ1) is 7.36. The Morgan fingerprint density at radius 2 is 1.47 bits per heavy atom. The summed E-state index contributed by atoms with van der Waals surface area (Å²) in [5.41, 5.74) is 0. The van der Waals surface area contributed by atoms with Crippen molar-refractivity contribution in [2.75, 3.05) is 13.1 Å². The minimum Gasteiger partial charge on any atom is -0.392 e. The maximum Gasteiger partial charge on any atom is 0.0667 e. The third-order valence-electron chi connectivity index (χ3n) is 4.02. The first-order valence-electron chi connectivity index (χ1n) is 6.78. The van der Waals surface area contributed by atoms with E-state index >= 15 is 0 Å². The highest BCUT2D eigenvalue weighted by Crippen LogP contribution is 2.24. The lowest BCUT2D eigenvalue weighted by Crippen LogP contribution is -2.39. The Labute approximate surface area is 93.7 Å². The second-order valence-corrected chi connectivity index (χ2v) is 5.29. The van der Waals surface area contributed by atoms with E-state index in [-0.39, 0.29) is 6.10 Å². The molecule has 0 aromatic heterocycles. The number of aliphatic hydroxyl groups is 1. The second-order valence-electron chi connectivity index (χ2n) is 5.29. The summed E-state index contributed by atoms with van der Waals surface area (Å²) in [5, 5.41) is 9.82. The lowest BCUT2D eigenvalue weighted by Gasteiger charge is -2.30. The summed E-state index contributed by atoms with van der Waals surface area (Å²) < 4.78 is 0. The fourth-order valence-electron chi connectivity index (χ4n) is 3.10. The summed E-state index contributed by atoms with van der Waals surface area (Å²) in [4.78, 5) is 2.57. The van der Waals surface area contributed by atoms with Gasteiger partial charge in [-0.15, -0.1) is 0 Å². The van der Waals surface area contributed by atoms with Crippen LogP contribution in [-0.2, 0) is 0 Å². The zero-order valence-electron chi connectivity index (χ0n) is 9.83. The van der Waals surface area contributed by atoms with Crippen LogP contribution in [0.2, 0.25) is 0 Å². The Hall–Kier alpha value is -0.0800. The van der Waals surface area contributed by atoms with Gasteiger partial charge in [-0.3, -0.25) is 4.90 Å². The maximum atomic E-state index is 9.82. The molecule has 2 rings (SSSR count). The summed E-state index contributed by atoms with van der Waals surface area (Å²) in [5.74, 6) is 0. The molecule has 2 aliphatic rings. The molecule has 88 valence electrons. The van der Waals surface area contributed by atoms with E-state index in [1.165, 1.54) is 57.9 Å². The molecular formula is C13H25NO. The molecule has 0 aromatic rings. The molecule has 1 atom stereocenters. The van der Waals surface area contributed by atoms with Crippen LogP contribution in [0.25, 0.3) is 0 Å². The predicted molar refractivity (Wildman–Crippen MR) is 62.9 cm³/mol. The van der Waals surface area contributed by atoms with Gasteiger partial charge in [0, 0.05) is 12.6 Å². The van der Waals surface area contributed by atoms with Crippen LogP contribution in [0, 0.1) is 0 Å². The van der Waals surface area contributed by atoms with E-state index in [0.717, 1.165) is 19.0 Å². The van der Waals surface area contributed by atoms with E-state index in [1.54, 1.807) is 0 Å². The van der Waals surface area contributed by atoms with Gasteiger partial charge in [-0.05, 0) is 38.6 Å². The third-order valence-corrected chi connectivity index (χ3v) is 4.02. The van der Waals surface area contributed by atoms with E-state index < -0.39 is 0 Å². The van der Waals surface area contributed by atoms with Crippen molar-refractivity contribution in [1.82, 2.24) is 4.90 Å². The summed E-state index contributed by atoms with van der Waals surface area (Å²) in [6.07, 6.45) is 11.8. The molecule has 1 saturated heterocycles. The second kappa shape index (κ2) is 5.86. The lowest BCUT2D eigenvalue weighted by atomic mass is 10.1. The van der Waals surface area contributed by atoms with E-state index in [4.69, 9.17) is 0 Å². The monoisotopic (exact) mass is 211 g/mol. The van der Waals surface area contributed by atoms with Crippen LogP contribution in [0.5, 0.6) is 0 Å². The molecule has 1 N–H and O–H groups in total. The smallest absolute Gasteiger partial charge is 0.0667 e. The van der Waals surface area contributed by atoms with Crippen molar-refractivity contribution < 1.29 is 5.11 Å². The zero-order chi connectivity index (χ0) is 10.5. The van der Waals surface area contributed by atoms with Crippen molar-refractivity contribution in [2.45, 2.75) is 69.9 Å². The molecule has 0 radical (unpaired) electrons. The zero-order valence-corrected chi connectivity index (χ0v) is 9.83. The highest BCUT2D eigenvalue weighted by Gasteiger charge is 2.23. The molecule has 1 saturated carbocycles. The first-order valence-corrected chi connectivity index (χ1v) is 6.78. The van der Waals surface area contributed by atoms with Crippen molar-refractivity contribution in [2.24, 2.45) is 0 Å².